The minimum absolute atomic E-state index is 0.0385. The van der Waals surface area contributed by atoms with E-state index >= 15 is 0 Å². The predicted molar refractivity (Wildman–Crippen MR) is 109 cm³/mol. The highest BCUT2D eigenvalue weighted by Gasteiger charge is 2.37. The largest absolute Gasteiger partial charge is 0.469 e. The van der Waals surface area contributed by atoms with E-state index < -0.39 is 11.5 Å². The third-order valence-electron chi connectivity index (χ3n) is 4.73. The van der Waals surface area contributed by atoms with E-state index in [0.717, 1.165) is 16.7 Å². The molecule has 142 valence electrons. The molecule has 1 amide bonds. The van der Waals surface area contributed by atoms with Crippen molar-refractivity contribution in [2.24, 2.45) is 0 Å². The number of carbonyl (C=O) groups excluding carboxylic acids is 2. The van der Waals surface area contributed by atoms with Crippen LogP contribution in [0.15, 0.2) is 91.0 Å². The average Bonchev–Trinajstić information content (AvgIpc) is 2.77. The minimum atomic E-state index is -0.864. The highest BCUT2D eigenvalue weighted by molar-refractivity contribution is 5.83. The number of hydrogen-bond donors (Lipinski definition) is 1. The summed E-state index contributed by atoms with van der Waals surface area (Å²) in [6.07, 6.45) is 0.0949. The number of benzene rings is 3. The van der Waals surface area contributed by atoms with E-state index in [1.54, 1.807) is 0 Å². The Balaban J connectivity index is 2.11. The summed E-state index contributed by atoms with van der Waals surface area (Å²) in [7, 11) is 1.32. The molecule has 0 bridgehead atoms. The van der Waals surface area contributed by atoms with Crippen molar-refractivity contribution in [3.63, 3.8) is 0 Å². The van der Waals surface area contributed by atoms with Crippen molar-refractivity contribution in [2.45, 2.75) is 18.4 Å². The van der Waals surface area contributed by atoms with Gasteiger partial charge >= 0.3 is 5.97 Å². The van der Waals surface area contributed by atoms with E-state index in [0.29, 0.717) is 0 Å². The quantitative estimate of drug-likeness (QED) is 0.502. The molecule has 0 aliphatic rings. The summed E-state index contributed by atoms with van der Waals surface area (Å²) >= 11 is 0. The van der Waals surface area contributed by atoms with Gasteiger partial charge in [0.1, 0.15) is 5.54 Å². The van der Waals surface area contributed by atoms with Gasteiger partial charge in [-0.2, -0.15) is 0 Å². The summed E-state index contributed by atoms with van der Waals surface area (Å²) in [5.74, 6) is -0.623. The molecule has 0 aliphatic heterocycles. The van der Waals surface area contributed by atoms with Gasteiger partial charge in [-0.15, -0.1) is 0 Å². The number of nitrogens with one attached hydrogen (secondary N) is 1. The minimum Gasteiger partial charge on any atom is -0.469 e. The SMILES string of the molecule is COC(=O)CCC(=O)NC(c1ccccc1)(c1ccccc1)c1ccccc1. The first kappa shape index (κ1) is 19.4. The summed E-state index contributed by atoms with van der Waals surface area (Å²) in [5, 5.41) is 3.21. The molecule has 1 N–H and O–H groups in total. The van der Waals surface area contributed by atoms with Gasteiger partial charge in [-0.3, -0.25) is 9.59 Å². The van der Waals surface area contributed by atoms with E-state index in [1.807, 2.05) is 91.0 Å². The first-order valence-corrected chi connectivity index (χ1v) is 9.21. The normalized spacial score (nSPS) is 10.9. The fraction of sp³-hybridized carbons (Fsp3) is 0.167. The lowest BCUT2D eigenvalue weighted by Gasteiger charge is -2.37. The van der Waals surface area contributed by atoms with Crippen molar-refractivity contribution >= 4 is 11.9 Å². The van der Waals surface area contributed by atoms with Crippen molar-refractivity contribution in [3.8, 4) is 0 Å². The van der Waals surface area contributed by atoms with Crippen molar-refractivity contribution < 1.29 is 14.3 Å². The number of ether oxygens (including phenoxy) is 1. The first-order valence-electron chi connectivity index (χ1n) is 9.21. The van der Waals surface area contributed by atoms with Gasteiger partial charge in [0, 0.05) is 6.42 Å². The first-order chi connectivity index (χ1) is 13.7. The Bertz CT molecular complexity index is 812. The van der Waals surface area contributed by atoms with Crippen LogP contribution in [0.5, 0.6) is 0 Å². The van der Waals surface area contributed by atoms with Crippen LogP contribution in [0, 0.1) is 0 Å². The summed E-state index contributed by atoms with van der Waals surface area (Å²) in [6, 6.07) is 29.6. The van der Waals surface area contributed by atoms with E-state index in [9.17, 15) is 9.59 Å². The van der Waals surface area contributed by atoms with E-state index in [1.165, 1.54) is 7.11 Å². The molecule has 4 nitrogen and oxygen atoms in total. The van der Waals surface area contributed by atoms with Gasteiger partial charge < -0.3 is 10.1 Å². The van der Waals surface area contributed by atoms with Crippen LogP contribution in [0.3, 0.4) is 0 Å². The van der Waals surface area contributed by atoms with Crippen LogP contribution in [0.4, 0.5) is 0 Å². The second-order valence-electron chi connectivity index (χ2n) is 6.47. The van der Waals surface area contributed by atoms with E-state index in [4.69, 9.17) is 0 Å². The number of hydrogen-bond acceptors (Lipinski definition) is 3. The third-order valence-corrected chi connectivity index (χ3v) is 4.73. The number of carbonyl (C=O) groups is 2. The maximum absolute atomic E-state index is 12.9. The van der Waals surface area contributed by atoms with Crippen LogP contribution in [0.2, 0.25) is 0 Å². The van der Waals surface area contributed by atoms with Gasteiger partial charge in [0.2, 0.25) is 5.91 Å². The molecular weight excluding hydrogens is 350 g/mol. The molecule has 0 fully saturated rings. The third kappa shape index (κ3) is 4.12. The predicted octanol–water partition coefficient (Wildman–Crippen LogP) is 4.05. The van der Waals surface area contributed by atoms with Gasteiger partial charge in [0.25, 0.3) is 0 Å². The molecule has 3 aromatic carbocycles. The highest BCUT2D eigenvalue weighted by Crippen LogP contribution is 2.36. The maximum Gasteiger partial charge on any atom is 0.306 e. The van der Waals surface area contributed by atoms with Gasteiger partial charge in [0.15, 0.2) is 0 Å². The van der Waals surface area contributed by atoms with Crippen molar-refractivity contribution in [1.82, 2.24) is 5.32 Å². The Morgan fingerprint density at radius 3 is 1.46 bits per heavy atom. The van der Waals surface area contributed by atoms with Gasteiger partial charge in [-0.05, 0) is 16.7 Å². The fourth-order valence-electron chi connectivity index (χ4n) is 3.37. The lowest BCUT2D eigenvalue weighted by atomic mass is 9.77. The monoisotopic (exact) mass is 373 g/mol. The molecule has 28 heavy (non-hydrogen) atoms. The fourth-order valence-corrected chi connectivity index (χ4v) is 3.37. The van der Waals surface area contributed by atoms with Crippen molar-refractivity contribution in [1.29, 1.82) is 0 Å². The Hall–Kier alpha value is -3.40. The Morgan fingerprint density at radius 1 is 0.714 bits per heavy atom. The zero-order valence-electron chi connectivity index (χ0n) is 15.8. The number of rotatable bonds is 7. The zero-order valence-corrected chi connectivity index (χ0v) is 15.8. The molecule has 0 aliphatic carbocycles. The molecule has 4 heteroatoms. The molecule has 0 unspecified atom stereocenters. The number of esters is 1. The molecule has 0 radical (unpaired) electrons. The molecule has 3 aromatic rings. The molecule has 3 rings (SSSR count). The Labute approximate surface area is 165 Å². The summed E-state index contributed by atoms with van der Waals surface area (Å²) in [6.45, 7) is 0. The van der Waals surface area contributed by atoms with Crippen LogP contribution in [-0.4, -0.2) is 19.0 Å². The second-order valence-corrected chi connectivity index (χ2v) is 6.47. The lowest BCUT2D eigenvalue weighted by Crippen LogP contribution is -2.47. The lowest BCUT2D eigenvalue weighted by molar-refractivity contribution is -0.142. The smallest absolute Gasteiger partial charge is 0.306 e. The molecule has 0 saturated carbocycles. The van der Waals surface area contributed by atoms with E-state index in [2.05, 4.69) is 10.1 Å². The van der Waals surface area contributed by atoms with Crippen LogP contribution < -0.4 is 5.32 Å². The average molecular weight is 373 g/mol. The summed E-state index contributed by atoms with van der Waals surface area (Å²) in [5.41, 5.74) is 1.97. The van der Waals surface area contributed by atoms with Gasteiger partial charge in [0.05, 0.1) is 13.5 Å². The highest BCUT2D eigenvalue weighted by atomic mass is 16.5. The van der Waals surface area contributed by atoms with Crippen LogP contribution in [0.1, 0.15) is 29.5 Å². The molecule has 0 aromatic heterocycles. The Kier molecular flexibility index (Phi) is 6.22. The standard InChI is InChI=1S/C24H23NO3/c1-28-23(27)18-17-22(26)25-24(19-11-5-2-6-12-19,20-13-7-3-8-14-20)21-15-9-4-10-16-21/h2-16H,17-18H2,1H3,(H,25,26). The molecular formula is C24H23NO3. The van der Waals surface area contributed by atoms with Crippen molar-refractivity contribution in [3.05, 3.63) is 108 Å². The molecule has 0 spiro atoms. The van der Waals surface area contributed by atoms with Crippen LogP contribution in [0.25, 0.3) is 0 Å². The van der Waals surface area contributed by atoms with Gasteiger partial charge in [-0.1, -0.05) is 91.0 Å². The second kappa shape index (κ2) is 9.00. The molecule has 0 heterocycles. The maximum atomic E-state index is 12.9. The number of methoxy groups -OCH3 is 1. The van der Waals surface area contributed by atoms with Gasteiger partial charge in [-0.25, -0.2) is 0 Å². The Morgan fingerprint density at radius 2 is 1.11 bits per heavy atom. The van der Waals surface area contributed by atoms with Crippen LogP contribution in [-0.2, 0) is 19.9 Å². The molecule has 0 atom stereocenters. The summed E-state index contributed by atoms with van der Waals surface area (Å²) < 4.78 is 4.67. The summed E-state index contributed by atoms with van der Waals surface area (Å²) in [4.78, 5) is 24.4. The zero-order chi connectivity index (χ0) is 19.8. The topological polar surface area (TPSA) is 55.4 Å². The van der Waals surface area contributed by atoms with Crippen LogP contribution >= 0.6 is 0 Å². The van der Waals surface area contributed by atoms with E-state index in [-0.39, 0.29) is 18.7 Å². The number of amides is 1. The molecule has 0 saturated heterocycles. The van der Waals surface area contributed by atoms with Crippen molar-refractivity contribution in [2.75, 3.05) is 7.11 Å².